The molecule has 1 rings (SSSR count). The number of rotatable bonds is 25. The molecular weight excluding hydrogens is 765 g/mol. The average molecular weight is 821 g/mol. The van der Waals surface area contributed by atoms with Crippen molar-refractivity contribution in [2.45, 2.75) is 97.7 Å². The molecule has 0 aromatic heterocycles. The lowest BCUT2D eigenvalue weighted by molar-refractivity contribution is -0.150. The van der Waals surface area contributed by atoms with Crippen molar-refractivity contribution in [3.05, 3.63) is 29.8 Å². The van der Waals surface area contributed by atoms with Gasteiger partial charge in [-0.1, -0.05) is 33.6 Å². The molecule has 1 aromatic carbocycles. The van der Waals surface area contributed by atoms with Crippen LogP contribution in [0.3, 0.4) is 0 Å². The summed E-state index contributed by atoms with van der Waals surface area (Å²) in [5, 5.41) is 24.2. The molecule has 0 saturated carbocycles. The van der Waals surface area contributed by atoms with E-state index >= 15 is 0 Å². The maximum atomic E-state index is 13.3. The molecule has 0 fully saturated rings. The number of hydrogen-bond acceptors (Lipinski definition) is 11. The van der Waals surface area contributed by atoms with Crippen molar-refractivity contribution in [1.29, 1.82) is 0 Å². The first-order valence-electron chi connectivity index (χ1n) is 17.7. The zero-order valence-electron chi connectivity index (χ0n) is 32.1. The number of hydrogen-bond donors (Lipinski definition) is 9. The van der Waals surface area contributed by atoms with Crippen molar-refractivity contribution in [3.8, 4) is 0 Å². The van der Waals surface area contributed by atoms with Crippen LogP contribution in [0, 0.1) is 10.8 Å². The molecule has 0 aliphatic carbocycles. The lowest BCUT2D eigenvalue weighted by Gasteiger charge is -2.32. The number of carboxylic acids is 1. The number of carbonyl (C=O) groups excluding carboxylic acids is 5. The molecule has 21 heteroatoms. The van der Waals surface area contributed by atoms with Gasteiger partial charge in [-0.2, -0.15) is 16.8 Å². The molecule has 0 aliphatic rings. The van der Waals surface area contributed by atoms with Gasteiger partial charge in [-0.05, 0) is 70.2 Å². The van der Waals surface area contributed by atoms with E-state index in [9.17, 15) is 59.8 Å². The maximum absolute atomic E-state index is 13.3. The van der Waals surface area contributed by atoms with Gasteiger partial charge in [0.05, 0.1) is 5.41 Å². The standard InChI is InChI=1S/C34H56N6O13S2/c1-7-8-10-17-36-23-15-13-22(14-16-23)27(41)37-18-11-9-12-24(28(42)35-6)38-29(43)25(19-54(48,49)50)39-30(44)26(20-55(51,52)53)40-31(45)33(2,3)21-34(4,5)32(46)47/h13-16,24-26,36H,7-12,17-21H2,1-6H3,(H,35,42)(H,37,41)(H,38,43)(H,39,44)(H,40,45)(H,46,47)(H,48,49,50)(H,51,52,53)/t24?,25-,26?/m0/s1. The number of unbranched alkanes of at least 4 members (excludes halogenated alkanes) is 3. The third-order valence-corrected chi connectivity index (χ3v) is 9.94. The van der Waals surface area contributed by atoms with E-state index in [0.717, 1.165) is 31.5 Å². The number of benzene rings is 1. The zero-order valence-corrected chi connectivity index (χ0v) is 33.7. The molecule has 1 aromatic rings. The third kappa shape index (κ3) is 18.7. The second kappa shape index (κ2) is 21.7. The monoisotopic (exact) mass is 820 g/mol. The molecule has 0 aliphatic heterocycles. The highest BCUT2D eigenvalue weighted by molar-refractivity contribution is 7.86. The van der Waals surface area contributed by atoms with Crippen molar-refractivity contribution in [2.75, 3.05) is 37.0 Å². The summed E-state index contributed by atoms with van der Waals surface area (Å²) < 4.78 is 66.2. The molecule has 0 saturated heterocycles. The van der Waals surface area contributed by atoms with Gasteiger partial charge in [0, 0.05) is 36.8 Å². The highest BCUT2D eigenvalue weighted by atomic mass is 32.2. The lowest BCUT2D eigenvalue weighted by Crippen LogP contribution is -2.60. The van der Waals surface area contributed by atoms with Gasteiger partial charge >= 0.3 is 5.97 Å². The number of carboxylic acid groups (broad SMARTS) is 1. The SMILES string of the molecule is CCCCCNc1ccc(C(=O)NCCCCC(NC(=O)[C@H](CS(=O)(=O)O)NC(=O)C(CS(=O)(=O)O)NC(=O)C(C)(C)CC(C)(C)C(=O)O)C(=O)NC)cc1. The molecule has 2 unspecified atom stereocenters. The summed E-state index contributed by atoms with van der Waals surface area (Å²) in [4.78, 5) is 76.6. The molecule has 3 atom stereocenters. The van der Waals surface area contributed by atoms with Gasteiger partial charge in [0.2, 0.25) is 23.6 Å². The Kier molecular flexibility index (Phi) is 19.2. The Labute approximate surface area is 322 Å². The summed E-state index contributed by atoms with van der Waals surface area (Å²) in [6.45, 7) is 8.46. The minimum atomic E-state index is -5.01. The minimum Gasteiger partial charge on any atom is -0.481 e. The number of likely N-dealkylation sites (N-methyl/N-ethyl adjacent to an activating group) is 1. The van der Waals surface area contributed by atoms with Gasteiger partial charge < -0.3 is 37.0 Å². The summed E-state index contributed by atoms with van der Waals surface area (Å²) >= 11 is 0. The first-order valence-corrected chi connectivity index (χ1v) is 20.9. The fourth-order valence-corrected chi connectivity index (χ4v) is 6.83. The van der Waals surface area contributed by atoms with Crippen molar-refractivity contribution in [2.24, 2.45) is 10.8 Å². The summed E-state index contributed by atoms with van der Waals surface area (Å²) in [5.41, 5.74) is -1.64. The van der Waals surface area contributed by atoms with Crippen molar-refractivity contribution >= 4 is 61.4 Å². The summed E-state index contributed by atoms with van der Waals surface area (Å²) in [5.74, 6) is -8.90. The molecule has 55 heavy (non-hydrogen) atoms. The van der Waals surface area contributed by atoms with E-state index in [0.29, 0.717) is 12.0 Å². The van der Waals surface area contributed by atoms with Crippen LogP contribution in [-0.4, -0.2) is 116 Å². The van der Waals surface area contributed by atoms with E-state index in [2.05, 4.69) is 33.5 Å². The summed E-state index contributed by atoms with van der Waals surface area (Å²) in [6.07, 6.45) is 3.57. The number of nitrogens with one attached hydrogen (secondary N) is 6. The van der Waals surface area contributed by atoms with Crippen LogP contribution in [0.2, 0.25) is 0 Å². The summed E-state index contributed by atoms with van der Waals surface area (Å²) in [6, 6.07) is 1.41. The molecule has 9 N–H and O–H groups in total. The van der Waals surface area contributed by atoms with E-state index in [1.807, 2.05) is 5.32 Å². The smallest absolute Gasteiger partial charge is 0.309 e. The Morgan fingerprint density at radius 2 is 1.20 bits per heavy atom. The summed E-state index contributed by atoms with van der Waals surface area (Å²) in [7, 11) is -8.73. The molecule has 19 nitrogen and oxygen atoms in total. The van der Waals surface area contributed by atoms with Crippen LogP contribution in [0.4, 0.5) is 5.69 Å². The van der Waals surface area contributed by atoms with E-state index in [4.69, 9.17) is 0 Å². The fraction of sp³-hybridized carbons (Fsp3) is 0.647. The van der Waals surface area contributed by atoms with Crippen molar-refractivity contribution in [3.63, 3.8) is 0 Å². The van der Waals surface area contributed by atoms with Gasteiger partial charge in [0.25, 0.3) is 26.1 Å². The topological polar surface area (TPSA) is 304 Å². The maximum Gasteiger partial charge on any atom is 0.309 e. The second-order valence-corrected chi connectivity index (χ2v) is 17.5. The first-order chi connectivity index (χ1) is 25.3. The first kappa shape index (κ1) is 48.7. The number of amides is 5. The van der Waals surface area contributed by atoms with E-state index < -0.39 is 90.3 Å². The van der Waals surface area contributed by atoms with Crippen LogP contribution in [-0.2, 0) is 44.2 Å². The van der Waals surface area contributed by atoms with E-state index in [1.165, 1.54) is 34.7 Å². The molecule has 0 spiro atoms. The number of anilines is 1. The van der Waals surface area contributed by atoms with Crippen molar-refractivity contribution in [1.82, 2.24) is 26.6 Å². The van der Waals surface area contributed by atoms with Crippen LogP contribution in [0.1, 0.15) is 89.9 Å². The van der Waals surface area contributed by atoms with Gasteiger partial charge in [-0.3, -0.25) is 37.9 Å². The van der Waals surface area contributed by atoms with Gasteiger partial charge in [-0.25, -0.2) is 0 Å². The highest BCUT2D eigenvalue weighted by Crippen LogP contribution is 2.34. The lowest BCUT2D eigenvalue weighted by atomic mass is 9.74. The second-order valence-electron chi connectivity index (χ2n) is 14.5. The minimum absolute atomic E-state index is 0.0184. The third-order valence-electron chi connectivity index (χ3n) is 8.43. The molecule has 0 heterocycles. The fourth-order valence-electron chi connectivity index (χ4n) is 5.51. The molecular formula is C34H56N6O13S2. The van der Waals surface area contributed by atoms with Crippen LogP contribution < -0.4 is 31.9 Å². The number of carbonyl (C=O) groups is 6. The predicted octanol–water partition coefficient (Wildman–Crippen LogP) is 0.692. The molecule has 5 amide bonds. The van der Waals surface area contributed by atoms with Gasteiger partial charge in [0.15, 0.2) is 0 Å². The van der Waals surface area contributed by atoms with Crippen LogP contribution in [0.5, 0.6) is 0 Å². The largest absolute Gasteiger partial charge is 0.481 e. The van der Waals surface area contributed by atoms with E-state index in [1.54, 1.807) is 24.3 Å². The van der Waals surface area contributed by atoms with Crippen molar-refractivity contribution < 1.29 is 59.8 Å². The predicted molar refractivity (Wildman–Crippen MR) is 203 cm³/mol. The Hall–Kier alpha value is -4.34. The normalized spacial score (nSPS) is 13.7. The molecule has 0 bridgehead atoms. The van der Waals surface area contributed by atoms with E-state index in [-0.39, 0.29) is 31.7 Å². The zero-order chi connectivity index (χ0) is 42.2. The van der Waals surface area contributed by atoms with Crippen LogP contribution in [0.15, 0.2) is 24.3 Å². The Morgan fingerprint density at radius 1 is 0.691 bits per heavy atom. The van der Waals surface area contributed by atoms with Gasteiger partial charge in [-0.15, -0.1) is 0 Å². The Bertz CT molecular complexity index is 1720. The molecule has 0 radical (unpaired) electrons. The average Bonchev–Trinajstić information content (AvgIpc) is 3.06. The molecule has 312 valence electrons. The quantitative estimate of drug-likeness (QED) is 0.0485. The number of aliphatic carboxylic acids is 1. The van der Waals surface area contributed by atoms with Gasteiger partial charge in [0.1, 0.15) is 29.6 Å². The Balaban J connectivity index is 3.01. The van der Waals surface area contributed by atoms with Crippen LogP contribution in [0.25, 0.3) is 0 Å². The van der Waals surface area contributed by atoms with Crippen LogP contribution >= 0.6 is 0 Å². The Morgan fingerprint density at radius 3 is 1.69 bits per heavy atom. The highest BCUT2D eigenvalue weighted by Gasteiger charge is 2.41.